The number of ether oxygens (including phenoxy) is 3. The molecule has 1 N–H and O–H groups in total. The van der Waals surface area contributed by atoms with Gasteiger partial charge in [-0.1, -0.05) is 0 Å². The summed E-state index contributed by atoms with van der Waals surface area (Å²) in [6.45, 7) is 0. The van der Waals surface area contributed by atoms with Gasteiger partial charge in [0.1, 0.15) is 16.4 Å². The van der Waals surface area contributed by atoms with Crippen molar-refractivity contribution in [1.29, 1.82) is 0 Å². The second-order valence-electron chi connectivity index (χ2n) is 6.49. The van der Waals surface area contributed by atoms with Crippen LogP contribution in [0.15, 0.2) is 35.2 Å². The van der Waals surface area contributed by atoms with E-state index >= 15 is 0 Å². The molecule has 0 atom stereocenters. The maximum absolute atomic E-state index is 13.1. The third kappa shape index (κ3) is 3.91. The first-order valence-electron chi connectivity index (χ1n) is 8.88. The molecule has 3 rings (SSSR count). The van der Waals surface area contributed by atoms with E-state index < -0.39 is 16.0 Å². The van der Waals surface area contributed by atoms with Gasteiger partial charge in [0.15, 0.2) is 0 Å². The first-order chi connectivity index (χ1) is 13.4. The van der Waals surface area contributed by atoms with Crippen molar-refractivity contribution in [3.63, 3.8) is 0 Å². The van der Waals surface area contributed by atoms with Crippen LogP contribution in [0, 0.1) is 0 Å². The van der Waals surface area contributed by atoms with Gasteiger partial charge in [-0.3, -0.25) is 4.72 Å². The summed E-state index contributed by atoms with van der Waals surface area (Å²) in [5.41, 5.74) is 2.48. The SMILES string of the molecule is COC(=O)c1ccc(OC)c(NS(=O)(=O)c2cc3c(cc2OC)CCCC3)c1. The van der Waals surface area contributed by atoms with Crippen LogP contribution in [-0.2, 0) is 27.6 Å². The van der Waals surface area contributed by atoms with Crippen molar-refractivity contribution in [3.8, 4) is 11.5 Å². The summed E-state index contributed by atoms with van der Waals surface area (Å²) in [7, 11) is 0.147. The minimum atomic E-state index is -3.98. The largest absolute Gasteiger partial charge is 0.495 e. The average molecular weight is 405 g/mol. The standard InChI is InChI=1S/C20H23NO6S/c1-25-17-9-8-15(20(22)27-3)10-16(17)21-28(23,24)19-12-14-7-5-4-6-13(14)11-18(19)26-2/h8-12,21H,4-7H2,1-3H3. The van der Waals surface area contributed by atoms with Gasteiger partial charge in [0, 0.05) is 0 Å². The number of nitrogens with one attached hydrogen (secondary N) is 1. The van der Waals surface area contributed by atoms with Gasteiger partial charge in [-0.2, -0.15) is 0 Å². The normalized spacial score (nSPS) is 13.4. The lowest BCUT2D eigenvalue weighted by Gasteiger charge is -2.20. The number of benzene rings is 2. The molecule has 0 unspecified atom stereocenters. The van der Waals surface area contributed by atoms with E-state index in [1.165, 1.54) is 39.5 Å². The van der Waals surface area contributed by atoms with Gasteiger partial charge in [0.2, 0.25) is 0 Å². The van der Waals surface area contributed by atoms with Crippen LogP contribution in [-0.4, -0.2) is 35.7 Å². The summed E-state index contributed by atoms with van der Waals surface area (Å²) in [5, 5.41) is 0. The Bertz CT molecular complexity index is 1000. The van der Waals surface area contributed by atoms with Gasteiger partial charge in [0.25, 0.3) is 10.0 Å². The third-order valence-electron chi connectivity index (χ3n) is 4.78. The van der Waals surface area contributed by atoms with Crippen molar-refractivity contribution in [1.82, 2.24) is 0 Å². The summed E-state index contributed by atoms with van der Waals surface area (Å²) >= 11 is 0. The number of rotatable bonds is 6. The first kappa shape index (κ1) is 20.0. The van der Waals surface area contributed by atoms with E-state index in [0.29, 0.717) is 0 Å². The van der Waals surface area contributed by atoms with Crippen LogP contribution >= 0.6 is 0 Å². The van der Waals surface area contributed by atoms with Crippen molar-refractivity contribution < 1.29 is 27.4 Å². The smallest absolute Gasteiger partial charge is 0.337 e. The highest BCUT2D eigenvalue weighted by molar-refractivity contribution is 7.92. The van der Waals surface area contributed by atoms with Crippen molar-refractivity contribution in [3.05, 3.63) is 47.0 Å². The number of hydrogen-bond donors (Lipinski definition) is 1. The molecule has 28 heavy (non-hydrogen) atoms. The van der Waals surface area contributed by atoms with E-state index in [4.69, 9.17) is 14.2 Å². The molecule has 150 valence electrons. The topological polar surface area (TPSA) is 90.9 Å². The molecule has 2 aromatic rings. The van der Waals surface area contributed by atoms with E-state index in [1.54, 1.807) is 12.1 Å². The summed E-state index contributed by atoms with van der Waals surface area (Å²) in [5.74, 6) is -0.00106. The number of hydrogen-bond acceptors (Lipinski definition) is 6. The molecule has 8 heteroatoms. The highest BCUT2D eigenvalue weighted by Crippen LogP contribution is 2.34. The van der Waals surface area contributed by atoms with Crippen molar-refractivity contribution in [2.24, 2.45) is 0 Å². The number of fused-ring (bicyclic) bond motifs is 1. The zero-order chi connectivity index (χ0) is 20.3. The fraction of sp³-hybridized carbons (Fsp3) is 0.350. The zero-order valence-electron chi connectivity index (χ0n) is 16.1. The predicted molar refractivity (Wildman–Crippen MR) is 105 cm³/mol. The van der Waals surface area contributed by atoms with E-state index in [0.717, 1.165) is 36.8 Å². The Kier molecular flexibility index (Phi) is 5.79. The second-order valence-corrected chi connectivity index (χ2v) is 8.14. The van der Waals surface area contributed by atoms with Crippen molar-refractivity contribution in [2.45, 2.75) is 30.6 Å². The Morgan fingerprint density at radius 3 is 2.18 bits per heavy atom. The van der Waals surface area contributed by atoms with E-state index in [1.807, 2.05) is 0 Å². The molecule has 0 heterocycles. The van der Waals surface area contributed by atoms with Gasteiger partial charge in [-0.05, 0) is 67.1 Å². The van der Waals surface area contributed by atoms with Crippen LogP contribution in [0.2, 0.25) is 0 Å². The predicted octanol–water partition coefficient (Wildman–Crippen LogP) is 3.17. The summed E-state index contributed by atoms with van der Waals surface area (Å²) in [4.78, 5) is 11.9. The molecule has 0 saturated carbocycles. The first-order valence-corrected chi connectivity index (χ1v) is 10.4. The van der Waals surface area contributed by atoms with Gasteiger partial charge in [-0.25, -0.2) is 13.2 Å². The van der Waals surface area contributed by atoms with E-state index in [-0.39, 0.29) is 27.6 Å². The molecule has 1 aliphatic carbocycles. The van der Waals surface area contributed by atoms with Crippen LogP contribution in [0.5, 0.6) is 11.5 Å². The minimum Gasteiger partial charge on any atom is -0.495 e. The fourth-order valence-corrected chi connectivity index (χ4v) is 4.61. The van der Waals surface area contributed by atoms with Crippen LogP contribution < -0.4 is 14.2 Å². The van der Waals surface area contributed by atoms with E-state index in [9.17, 15) is 13.2 Å². The molecule has 0 amide bonds. The van der Waals surface area contributed by atoms with Crippen LogP contribution in [0.3, 0.4) is 0 Å². The lowest BCUT2D eigenvalue weighted by atomic mass is 9.92. The summed E-state index contributed by atoms with van der Waals surface area (Å²) in [6.07, 6.45) is 3.86. The molecular weight excluding hydrogens is 382 g/mol. The average Bonchev–Trinajstić information content (AvgIpc) is 2.71. The van der Waals surface area contributed by atoms with E-state index in [2.05, 4.69) is 4.72 Å². The van der Waals surface area contributed by atoms with Gasteiger partial charge >= 0.3 is 5.97 Å². The molecular formula is C20H23NO6S. The monoisotopic (exact) mass is 405 g/mol. The number of carbonyl (C=O) groups excluding carboxylic acids is 1. The zero-order valence-corrected chi connectivity index (χ0v) is 16.9. The Morgan fingerprint density at radius 2 is 1.57 bits per heavy atom. The maximum Gasteiger partial charge on any atom is 0.337 e. The lowest BCUT2D eigenvalue weighted by Crippen LogP contribution is -2.17. The molecule has 0 saturated heterocycles. The highest BCUT2D eigenvalue weighted by atomic mass is 32.2. The van der Waals surface area contributed by atoms with Gasteiger partial charge in [0.05, 0.1) is 32.6 Å². The quantitative estimate of drug-likeness (QED) is 0.743. The van der Waals surface area contributed by atoms with Gasteiger partial charge < -0.3 is 14.2 Å². The Hall–Kier alpha value is -2.74. The molecule has 0 fully saturated rings. The molecule has 0 aliphatic heterocycles. The Balaban J connectivity index is 2.04. The Morgan fingerprint density at radius 1 is 0.929 bits per heavy atom. The molecule has 0 aromatic heterocycles. The molecule has 0 spiro atoms. The number of aryl methyl sites for hydroxylation is 2. The number of methoxy groups -OCH3 is 3. The van der Waals surface area contributed by atoms with Crippen LogP contribution in [0.1, 0.15) is 34.3 Å². The molecule has 0 bridgehead atoms. The summed E-state index contributed by atoms with van der Waals surface area (Å²) < 4.78 is 44.0. The number of carbonyl (C=O) groups is 1. The van der Waals surface area contributed by atoms with Crippen molar-refractivity contribution >= 4 is 21.7 Å². The second kappa shape index (κ2) is 8.10. The highest BCUT2D eigenvalue weighted by Gasteiger charge is 2.25. The number of esters is 1. The van der Waals surface area contributed by atoms with Crippen LogP contribution in [0.25, 0.3) is 0 Å². The molecule has 0 radical (unpaired) electrons. The van der Waals surface area contributed by atoms with Gasteiger partial charge in [-0.15, -0.1) is 0 Å². The molecule has 1 aliphatic rings. The summed E-state index contributed by atoms with van der Waals surface area (Å²) in [6, 6.07) is 7.86. The maximum atomic E-state index is 13.1. The fourth-order valence-electron chi connectivity index (χ4n) is 3.34. The molecule has 2 aromatic carbocycles. The van der Waals surface area contributed by atoms with Crippen LogP contribution in [0.4, 0.5) is 5.69 Å². The number of sulfonamides is 1. The van der Waals surface area contributed by atoms with Crippen molar-refractivity contribution in [2.75, 3.05) is 26.1 Å². The Labute approximate surface area is 164 Å². The lowest BCUT2D eigenvalue weighted by molar-refractivity contribution is 0.0600. The number of anilines is 1. The third-order valence-corrected chi connectivity index (χ3v) is 6.17. The molecule has 7 nitrogen and oxygen atoms in total. The minimum absolute atomic E-state index is 0.0566.